The molecule has 0 fully saturated rings. The average molecular weight is 215 g/mol. The van der Waals surface area contributed by atoms with Crippen molar-refractivity contribution in [1.82, 2.24) is 0 Å². The fraction of sp³-hybridized carbons (Fsp3) is 0.909. The Balaban J connectivity index is -0.000000500. The van der Waals surface area contributed by atoms with Crippen LogP contribution in [0.5, 0.6) is 0 Å². The normalized spacial score (nSPS) is 8.77. The number of hydrogen-bond acceptors (Lipinski definition) is 0. The van der Waals surface area contributed by atoms with Crippen molar-refractivity contribution < 1.29 is 12.4 Å². The van der Waals surface area contributed by atoms with Gasteiger partial charge in [0, 0.05) is 0 Å². The fourth-order valence-electron chi connectivity index (χ4n) is 1.31. The molecule has 0 radical (unpaired) electrons. The van der Waals surface area contributed by atoms with Crippen LogP contribution in [0.2, 0.25) is 0 Å². The second-order valence-corrected chi connectivity index (χ2v) is 3.33. The van der Waals surface area contributed by atoms with E-state index in [-0.39, 0.29) is 35.5 Å². The molecule has 0 heterocycles. The number of rotatable bonds is 8. The molecule has 2 heteroatoms. The minimum Gasteiger partial charge on any atom is -1.00 e. The van der Waals surface area contributed by atoms with Crippen LogP contribution in [0.15, 0.2) is 0 Å². The van der Waals surface area contributed by atoms with E-state index >= 15 is 0 Å². The predicted octanol–water partition coefficient (Wildman–Crippen LogP) is 0.974. The Labute approximate surface area is 107 Å². The van der Waals surface area contributed by atoms with Gasteiger partial charge in [0.15, 0.2) is 0 Å². The van der Waals surface area contributed by atoms with Gasteiger partial charge in [0.05, 0.1) is 0 Å². The number of halogens is 1. The average Bonchev–Trinajstić information content (AvgIpc) is 2.03. The standard InChI is InChI=1S/C11H23.ClH.Mg/c1-3-5-7-9-11-10-8-6-4-2;;/h1,3-11H2,2H3;1H;/q-1;;+2/p-1. The zero-order valence-corrected chi connectivity index (χ0v) is 11.3. The summed E-state index contributed by atoms with van der Waals surface area (Å²) in [4.78, 5) is 0. The van der Waals surface area contributed by atoms with E-state index in [0.717, 1.165) is 6.42 Å². The summed E-state index contributed by atoms with van der Waals surface area (Å²) in [7, 11) is 0. The van der Waals surface area contributed by atoms with Crippen LogP contribution in [-0.2, 0) is 0 Å². The second kappa shape index (κ2) is 18.8. The van der Waals surface area contributed by atoms with Crippen molar-refractivity contribution in [3.63, 3.8) is 0 Å². The van der Waals surface area contributed by atoms with Crippen LogP contribution in [0.1, 0.15) is 64.7 Å². The molecule has 0 nitrogen and oxygen atoms in total. The molecule has 0 aliphatic rings. The van der Waals surface area contributed by atoms with E-state index in [2.05, 4.69) is 13.8 Å². The summed E-state index contributed by atoms with van der Waals surface area (Å²) < 4.78 is 0. The summed E-state index contributed by atoms with van der Waals surface area (Å²) >= 11 is 0. The molecule has 0 atom stereocenters. The Kier molecular flexibility index (Phi) is 28.3. The second-order valence-electron chi connectivity index (χ2n) is 3.33. The van der Waals surface area contributed by atoms with Crippen molar-refractivity contribution in [3.05, 3.63) is 6.92 Å². The minimum absolute atomic E-state index is 0. The van der Waals surface area contributed by atoms with E-state index in [1.807, 2.05) is 0 Å². The van der Waals surface area contributed by atoms with Crippen LogP contribution in [0, 0.1) is 6.92 Å². The number of unbranched alkanes of at least 4 members (excludes halogenated alkanes) is 8. The molecule has 0 N–H and O–H groups in total. The maximum Gasteiger partial charge on any atom is 2.00 e. The summed E-state index contributed by atoms with van der Waals surface area (Å²) in [6.07, 6.45) is 12.4. The van der Waals surface area contributed by atoms with Crippen molar-refractivity contribution >= 4 is 23.1 Å². The Morgan fingerprint density at radius 2 is 1.15 bits per heavy atom. The van der Waals surface area contributed by atoms with Crippen LogP contribution in [0.25, 0.3) is 0 Å². The fourth-order valence-corrected chi connectivity index (χ4v) is 1.31. The van der Waals surface area contributed by atoms with Gasteiger partial charge in [-0.3, -0.25) is 0 Å². The van der Waals surface area contributed by atoms with Gasteiger partial charge in [-0.1, -0.05) is 58.3 Å². The molecule has 0 amide bonds. The molecular formula is C11H23ClMg. The van der Waals surface area contributed by atoms with Gasteiger partial charge in [0.1, 0.15) is 0 Å². The molecule has 0 aromatic carbocycles. The third kappa shape index (κ3) is 19.5. The third-order valence-corrected chi connectivity index (χ3v) is 2.10. The summed E-state index contributed by atoms with van der Waals surface area (Å²) in [6, 6.07) is 0. The first-order valence-corrected chi connectivity index (χ1v) is 5.21. The Morgan fingerprint density at radius 1 is 0.769 bits per heavy atom. The Hall–Kier alpha value is 1.06. The van der Waals surface area contributed by atoms with Gasteiger partial charge in [0.2, 0.25) is 0 Å². The van der Waals surface area contributed by atoms with Crippen molar-refractivity contribution in [2.45, 2.75) is 64.7 Å². The minimum atomic E-state index is 0. The van der Waals surface area contributed by atoms with E-state index in [1.54, 1.807) is 0 Å². The van der Waals surface area contributed by atoms with Crippen molar-refractivity contribution in [2.24, 2.45) is 0 Å². The van der Waals surface area contributed by atoms with Crippen LogP contribution in [0.4, 0.5) is 0 Å². The van der Waals surface area contributed by atoms with Gasteiger partial charge in [-0.2, -0.15) is 6.42 Å². The molecule has 0 bridgehead atoms. The zero-order chi connectivity index (χ0) is 8.36. The molecule has 13 heavy (non-hydrogen) atoms. The summed E-state index contributed by atoms with van der Waals surface area (Å²) in [5.41, 5.74) is 0. The monoisotopic (exact) mass is 214 g/mol. The van der Waals surface area contributed by atoms with Crippen LogP contribution in [0.3, 0.4) is 0 Å². The summed E-state index contributed by atoms with van der Waals surface area (Å²) in [6.45, 7) is 6.10. The van der Waals surface area contributed by atoms with E-state index in [0.29, 0.717) is 0 Å². The molecule has 0 aromatic rings. The van der Waals surface area contributed by atoms with Crippen molar-refractivity contribution in [1.29, 1.82) is 0 Å². The van der Waals surface area contributed by atoms with Gasteiger partial charge >= 0.3 is 23.1 Å². The molecule has 0 saturated heterocycles. The smallest absolute Gasteiger partial charge is 1.00 e. The molecule has 0 spiro atoms. The van der Waals surface area contributed by atoms with Gasteiger partial charge in [-0.05, 0) is 0 Å². The first-order chi connectivity index (χ1) is 5.41. The number of hydrogen-bond donors (Lipinski definition) is 0. The molecule has 0 aliphatic heterocycles. The van der Waals surface area contributed by atoms with E-state index in [4.69, 9.17) is 0 Å². The largest absolute Gasteiger partial charge is 2.00 e. The van der Waals surface area contributed by atoms with E-state index < -0.39 is 0 Å². The Bertz CT molecular complexity index is 59.1. The molecule has 0 aliphatic carbocycles. The predicted molar refractivity (Wildman–Crippen MR) is 58.3 cm³/mol. The first-order valence-electron chi connectivity index (χ1n) is 5.21. The van der Waals surface area contributed by atoms with E-state index in [1.165, 1.54) is 51.4 Å². The van der Waals surface area contributed by atoms with Crippen molar-refractivity contribution in [3.8, 4) is 0 Å². The van der Waals surface area contributed by atoms with Gasteiger partial charge in [-0.15, -0.1) is 0 Å². The molecule has 0 rings (SSSR count). The topological polar surface area (TPSA) is 0 Å². The summed E-state index contributed by atoms with van der Waals surface area (Å²) in [5.74, 6) is 0. The summed E-state index contributed by atoms with van der Waals surface area (Å²) in [5, 5.41) is 0. The van der Waals surface area contributed by atoms with E-state index in [9.17, 15) is 0 Å². The maximum absolute atomic E-state index is 3.83. The van der Waals surface area contributed by atoms with Gasteiger partial charge in [0.25, 0.3) is 0 Å². The maximum atomic E-state index is 3.83. The van der Waals surface area contributed by atoms with Crippen molar-refractivity contribution in [2.75, 3.05) is 0 Å². The van der Waals surface area contributed by atoms with Crippen LogP contribution >= 0.6 is 0 Å². The zero-order valence-electron chi connectivity index (χ0n) is 9.16. The van der Waals surface area contributed by atoms with Crippen LogP contribution in [-0.4, -0.2) is 23.1 Å². The molecule has 0 saturated carbocycles. The SMILES string of the molecule is [CH2-]CCCCCCCCCC.[Cl-].[Mg+2]. The first kappa shape index (κ1) is 19.6. The van der Waals surface area contributed by atoms with Gasteiger partial charge in [-0.25, -0.2) is 0 Å². The van der Waals surface area contributed by atoms with Gasteiger partial charge < -0.3 is 19.3 Å². The molecule has 76 valence electrons. The molecular weight excluding hydrogens is 192 g/mol. The molecule has 0 aromatic heterocycles. The third-order valence-electron chi connectivity index (χ3n) is 2.10. The quantitative estimate of drug-likeness (QED) is 0.321. The Morgan fingerprint density at radius 3 is 1.54 bits per heavy atom. The van der Waals surface area contributed by atoms with Crippen LogP contribution < -0.4 is 12.4 Å². The molecule has 0 unspecified atom stereocenters.